The van der Waals surface area contributed by atoms with E-state index in [1.165, 1.54) is 11.3 Å². The first kappa shape index (κ1) is 19.8. The summed E-state index contributed by atoms with van der Waals surface area (Å²) in [5.41, 5.74) is 0. The molecular weight excluding hydrogens is 358 g/mol. The standard InChI is InChI=1S/C21H29N3O2S/c1-14(2)12-17(20(25)23-16-7-5-10-22-11-9-16)24-21(26)19-13-15-6-3-4-8-18(15)27-19/h3-4,6,8,13-14,16-17,22H,5,7,9-12H2,1-2H3,(H,23,25)(H,24,26)/t16?,17-/m0/s1. The normalized spacial score (nSPS) is 18.9. The monoisotopic (exact) mass is 387 g/mol. The zero-order valence-electron chi connectivity index (χ0n) is 16.1. The maximum Gasteiger partial charge on any atom is 0.262 e. The van der Waals surface area contributed by atoms with Gasteiger partial charge >= 0.3 is 0 Å². The highest BCUT2D eigenvalue weighted by Crippen LogP contribution is 2.25. The Labute approximate surface area is 164 Å². The number of carbonyl (C=O) groups is 2. The van der Waals surface area contributed by atoms with Gasteiger partial charge in [0.05, 0.1) is 4.88 Å². The van der Waals surface area contributed by atoms with Gasteiger partial charge in [0.2, 0.25) is 5.91 Å². The van der Waals surface area contributed by atoms with Crippen molar-refractivity contribution >= 4 is 33.2 Å². The topological polar surface area (TPSA) is 70.2 Å². The van der Waals surface area contributed by atoms with E-state index in [0.29, 0.717) is 17.2 Å². The van der Waals surface area contributed by atoms with Gasteiger partial charge < -0.3 is 16.0 Å². The number of hydrogen-bond donors (Lipinski definition) is 3. The van der Waals surface area contributed by atoms with Crippen molar-refractivity contribution in [2.75, 3.05) is 13.1 Å². The molecule has 1 aliphatic heterocycles. The molecule has 27 heavy (non-hydrogen) atoms. The SMILES string of the molecule is CC(C)C[C@H](NC(=O)c1cc2ccccc2s1)C(=O)NC1CCCNCC1. The molecule has 0 bridgehead atoms. The van der Waals surface area contributed by atoms with Gasteiger partial charge in [-0.2, -0.15) is 0 Å². The summed E-state index contributed by atoms with van der Waals surface area (Å²) in [5.74, 6) is 0.0869. The minimum absolute atomic E-state index is 0.0648. The Morgan fingerprint density at radius 1 is 1.22 bits per heavy atom. The van der Waals surface area contributed by atoms with Gasteiger partial charge in [-0.3, -0.25) is 9.59 Å². The van der Waals surface area contributed by atoms with Crippen molar-refractivity contribution in [2.45, 2.75) is 51.6 Å². The van der Waals surface area contributed by atoms with E-state index in [1.54, 1.807) is 0 Å². The van der Waals surface area contributed by atoms with Crippen LogP contribution in [0.1, 0.15) is 49.2 Å². The summed E-state index contributed by atoms with van der Waals surface area (Å²) in [6, 6.07) is 9.53. The van der Waals surface area contributed by atoms with Gasteiger partial charge in [0.15, 0.2) is 0 Å². The third-order valence-electron chi connectivity index (χ3n) is 4.90. The van der Waals surface area contributed by atoms with Crippen LogP contribution in [0.15, 0.2) is 30.3 Å². The Morgan fingerprint density at radius 2 is 2.04 bits per heavy atom. The van der Waals surface area contributed by atoms with Gasteiger partial charge in [0.1, 0.15) is 6.04 Å². The molecule has 146 valence electrons. The van der Waals surface area contributed by atoms with Crippen LogP contribution in [0, 0.1) is 5.92 Å². The summed E-state index contributed by atoms with van der Waals surface area (Å²) in [6.07, 6.45) is 3.61. The zero-order valence-corrected chi connectivity index (χ0v) is 16.9. The molecule has 2 amide bonds. The molecule has 1 saturated heterocycles. The van der Waals surface area contributed by atoms with Crippen LogP contribution in [0.5, 0.6) is 0 Å². The molecule has 0 aliphatic carbocycles. The largest absolute Gasteiger partial charge is 0.352 e. The van der Waals surface area contributed by atoms with Crippen LogP contribution in [0.4, 0.5) is 0 Å². The van der Waals surface area contributed by atoms with Crippen molar-refractivity contribution < 1.29 is 9.59 Å². The van der Waals surface area contributed by atoms with E-state index in [0.717, 1.165) is 42.4 Å². The van der Waals surface area contributed by atoms with E-state index >= 15 is 0 Å². The number of benzene rings is 1. The van der Waals surface area contributed by atoms with Crippen molar-refractivity contribution in [3.63, 3.8) is 0 Å². The Bertz CT molecular complexity index is 746. The smallest absolute Gasteiger partial charge is 0.262 e. The molecule has 5 nitrogen and oxygen atoms in total. The molecule has 3 rings (SSSR count). The first-order valence-corrected chi connectivity index (χ1v) is 10.6. The molecule has 3 N–H and O–H groups in total. The van der Waals surface area contributed by atoms with Crippen molar-refractivity contribution in [3.8, 4) is 0 Å². The number of nitrogens with one attached hydrogen (secondary N) is 3. The number of hydrogen-bond acceptors (Lipinski definition) is 4. The number of amides is 2. The lowest BCUT2D eigenvalue weighted by Gasteiger charge is -2.23. The lowest BCUT2D eigenvalue weighted by atomic mass is 10.0. The molecular formula is C21H29N3O2S. The highest BCUT2D eigenvalue weighted by molar-refractivity contribution is 7.20. The van der Waals surface area contributed by atoms with E-state index in [2.05, 4.69) is 29.8 Å². The Balaban J connectivity index is 1.67. The van der Waals surface area contributed by atoms with Gasteiger partial charge in [-0.1, -0.05) is 32.0 Å². The minimum atomic E-state index is -0.501. The lowest BCUT2D eigenvalue weighted by molar-refractivity contribution is -0.124. The zero-order chi connectivity index (χ0) is 19.2. The molecule has 1 aliphatic rings. The Kier molecular flexibility index (Phi) is 6.85. The second-order valence-electron chi connectivity index (χ2n) is 7.69. The second-order valence-corrected chi connectivity index (χ2v) is 8.77. The van der Waals surface area contributed by atoms with E-state index in [-0.39, 0.29) is 17.9 Å². The quantitative estimate of drug-likeness (QED) is 0.712. The summed E-state index contributed by atoms with van der Waals surface area (Å²) in [7, 11) is 0. The molecule has 0 spiro atoms. The van der Waals surface area contributed by atoms with E-state index in [9.17, 15) is 9.59 Å². The van der Waals surface area contributed by atoms with Gasteiger partial charge in [-0.05, 0) is 62.2 Å². The summed E-state index contributed by atoms with van der Waals surface area (Å²) in [5, 5.41) is 10.5. The average Bonchev–Trinajstić information content (AvgIpc) is 2.91. The van der Waals surface area contributed by atoms with E-state index < -0.39 is 6.04 Å². The Hall–Kier alpha value is -1.92. The molecule has 0 radical (unpaired) electrons. The first-order chi connectivity index (χ1) is 13.0. The van der Waals surface area contributed by atoms with Gasteiger partial charge in [0.25, 0.3) is 5.91 Å². The third kappa shape index (κ3) is 5.53. The van der Waals surface area contributed by atoms with Gasteiger partial charge in [0, 0.05) is 10.7 Å². The molecule has 1 unspecified atom stereocenters. The third-order valence-corrected chi connectivity index (χ3v) is 6.02. The minimum Gasteiger partial charge on any atom is -0.352 e. The fourth-order valence-corrected chi connectivity index (χ4v) is 4.46. The number of fused-ring (bicyclic) bond motifs is 1. The van der Waals surface area contributed by atoms with Gasteiger partial charge in [-0.15, -0.1) is 11.3 Å². The summed E-state index contributed by atoms with van der Waals surface area (Å²) >= 11 is 1.46. The van der Waals surface area contributed by atoms with Crippen LogP contribution in [-0.2, 0) is 4.79 Å². The molecule has 2 aromatic rings. The van der Waals surface area contributed by atoms with Crippen molar-refractivity contribution in [3.05, 3.63) is 35.2 Å². The van der Waals surface area contributed by atoms with Crippen molar-refractivity contribution in [1.29, 1.82) is 0 Å². The van der Waals surface area contributed by atoms with Crippen LogP contribution in [0.2, 0.25) is 0 Å². The molecule has 6 heteroatoms. The maximum absolute atomic E-state index is 12.9. The molecule has 1 aromatic heterocycles. The summed E-state index contributed by atoms with van der Waals surface area (Å²) < 4.78 is 1.08. The predicted molar refractivity (Wildman–Crippen MR) is 111 cm³/mol. The fourth-order valence-electron chi connectivity index (χ4n) is 3.49. The first-order valence-electron chi connectivity index (χ1n) is 9.83. The second kappa shape index (κ2) is 9.33. The van der Waals surface area contributed by atoms with Crippen LogP contribution in [0.25, 0.3) is 10.1 Å². The average molecular weight is 388 g/mol. The molecule has 0 saturated carbocycles. The molecule has 2 heterocycles. The summed E-state index contributed by atoms with van der Waals surface area (Å²) in [6.45, 7) is 6.07. The maximum atomic E-state index is 12.9. The van der Waals surface area contributed by atoms with Gasteiger partial charge in [-0.25, -0.2) is 0 Å². The molecule has 1 fully saturated rings. The van der Waals surface area contributed by atoms with Crippen LogP contribution >= 0.6 is 11.3 Å². The number of thiophene rings is 1. The Morgan fingerprint density at radius 3 is 2.81 bits per heavy atom. The fraction of sp³-hybridized carbons (Fsp3) is 0.524. The van der Waals surface area contributed by atoms with E-state index in [4.69, 9.17) is 0 Å². The molecule has 1 aromatic carbocycles. The predicted octanol–water partition coefficient (Wildman–Crippen LogP) is 3.30. The van der Waals surface area contributed by atoms with Crippen LogP contribution < -0.4 is 16.0 Å². The van der Waals surface area contributed by atoms with Crippen molar-refractivity contribution in [1.82, 2.24) is 16.0 Å². The molecule has 2 atom stereocenters. The number of rotatable bonds is 6. The van der Waals surface area contributed by atoms with Crippen LogP contribution in [-0.4, -0.2) is 37.0 Å². The summed E-state index contributed by atoms with van der Waals surface area (Å²) in [4.78, 5) is 26.3. The number of carbonyl (C=O) groups excluding carboxylic acids is 2. The van der Waals surface area contributed by atoms with Crippen molar-refractivity contribution in [2.24, 2.45) is 5.92 Å². The highest BCUT2D eigenvalue weighted by Gasteiger charge is 2.25. The van der Waals surface area contributed by atoms with Crippen LogP contribution in [0.3, 0.4) is 0 Å². The highest BCUT2D eigenvalue weighted by atomic mass is 32.1. The lowest BCUT2D eigenvalue weighted by Crippen LogP contribution is -2.50. The van der Waals surface area contributed by atoms with E-state index in [1.807, 2.05) is 30.3 Å².